The summed E-state index contributed by atoms with van der Waals surface area (Å²) in [7, 11) is 2.14. The van der Waals surface area contributed by atoms with Gasteiger partial charge in [-0.2, -0.15) is 0 Å². The van der Waals surface area contributed by atoms with E-state index in [0.29, 0.717) is 37.3 Å². The second-order valence-corrected chi connectivity index (χ2v) is 6.57. The number of carbonyl (C=O) groups excluding carboxylic acids is 1. The fourth-order valence-corrected chi connectivity index (χ4v) is 3.54. The van der Waals surface area contributed by atoms with Crippen molar-refractivity contribution in [1.82, 2.24) is 20.2 Å². The lowest BCUT2D eigenvalue weighted by molar-refractivity contribution is -0.124. The lowest BCUT2D eigenvalue weighted by atomic mass is 9.81. The van der Waals surface area contributed by atoms with Crippen LogP contribution in [0.1, 0.15) is 17.8 Å². The first-order chi connectivity index (χ1) is 10.6. The maximum absolute atomic E-state index is 12.2. The molecule has 3 rings (SSSR count). The summed E-state index contributed by atoms with van der Waals surface area (Å²) in [4.78, 5) is 23.0. The van der Waals surface area contributed by atoms with Crippen LogP contribution in [-0.2, 0) is 16.1 Å². The molecule has 1 aromatic rings. The number of ether oxygens (including phenoxy) is 1. The van der Waals surface area contributed by atoms with E-state index in [0.717, 1.165) is 31.1 Å². The Kier molecular flexibility index (Phi) is 4.69. The Labute approximate surface area is 131 Å². The van der Waals surface area contributed by atoms with E-state index in [2.05, 4.69) is 27.2 Å². The highest BCUT2D eigenvalue weighted by atomic mass is 16.5. The summed E-state index contributed by atoms with van der Waals surface area (Å²) < 4.78 is 5.69. The van der Waals surface area contributed by atoms with Crippen LogP contribution in [0.15, 0.2) is 12.4 Å². The number of hydrogen-bond acceptors (Lipinski definition) is 5. The molecule has 2 fully saturated rings. The van der Waals surface area contributed by atoms with Crippen LogP contribution in [0.25, 0.3) is 0 Å². The number of carbonyl (C=O) groups is 1. The SMILES string of the molecule is Cc1cnc(CNC(=O)C[C@@H]2COC[C@H]3CN(C)C[C@@H]23)cn1. The van der Waals surface area contributed by atoms with Gasteiger partial charge >= 0.3 is 0 Å². The van der Waals surface area contributed by atoms with Crippen LogP contribution in [0.2, 0.25) is 0 Å². The Balaban J connectivity index is 1.49. The van der Waals surface area contributed by atoms with Crippen molar-refractivity contribution in [3.05, 3.63) is 23.8 Å². The molecule has 0 bridgehead atoms. The van der Waals surface area contributed by atoms with Crippen LogP contribution in [0.4, 0.5) is 0 Å². The highest BCUT2D eigenvalue weighted by Gasteiger charge is 2.40. The monoisotopic (exact) mass is 304 g/mol. The molecule has 0 saturated carbocycles. The van der Waals surface area contributed by atoms with Gasteiger partial charge in [0.25, 0.3) is 0 Å². The summed E-state index contributed by atoms with van der Waals surface area (Å²) in [6.45, 7) is 6.04. The van der Waals surface area contributed by atoms with Gasteiger partial charge in [0, 0.05) is 25.7 Å². The minimum absolute atomic E-state index is 0.0752. The number of fused-ring (bicyclic) bond motifs is 1. The average Bonchev–Trinajstić information content (AvgIpc) is 2.88. The molecular formula is C16H24N4O2. The minimum atomic E-state index is 0.0752. The van der Waals surface area contributed by atoms with Crippen molar-refractivity contribution >= 4 is 5.91 Å². The number of nitrogens with zero attached hydrogens (tertiary/aromatic N) is 3. The van der Waals surface area contributed by atoms with Gasteiger partial charge in [0.1, 0.15) is 0 Å². The van der Waals surface area contributed by atoms with Gasteiger partial charge < -0.3 is 15.0 Å². The first-order valence-electron chi connectivity index (χ1n) is 7.92. The zero-order chi connectivity index (χ0) is 15.5. The molecule has 120 valence electrons. The van der Waals surface area contributed by atoms with Gasteiger partial charge in [0.2, 0.25) is 5.91 Å². The number of rotatable bonds is 4. The summed E-state index contributed by atoms with van der Waals surface area (Å²) in [5.41, 5.74) is 1.67. The molecule has 1 N–H and O–H groups in total. The third kappa shape index (κ3) is 3.62. The van der Waals surface area contributed by atoms with Crippen molar-refractivity contribution in [3.63, 3.8) is 0 Å². The molecular weight excluding hydrogens is 280 g/mol. The molecule has 0 unspecified atom stereocenters. The topological polar surface area (TPSA) is 67.3 Å². The van der Waals surface area contributed by atoms with Crippen LogP contribution in [0.3, 0.4) is 0 Å². The molecule has 0 aliphatic carbocycles. The Morgan fingerprint density at radius 2 is 2.23 bits per heavy atom. The molecule has 0 radical (unpaired) electrons. The number of amides is 1. The zero-order valence-electron chi connectivity index (χ0n) is 13.3. The number of nitrogens with one attached hydrogen (secondary N) is 1. The Morgan fingerprint density at radius 1 is 1.36 bits per heavy atom. The van der Waals surface area contributed by atoms with E-state index in [1.807, 2.05) is 6.92 Å². The number of aryl methyl sites for hydroxylation is 1. The minimum Gasteiger partial charge on any atom is -0.381 e. The second-order valence-electron chi connectivity index (χ2n) is 6.57. The van der Waals surface area contributed by atoms with E-state index in [1.165, 1.54) is 0 Å². The molecule has 6 nitrogen and oxygen atoms in total. The van der Waals surface area contributed by atoms with Gasteiger partial charge in [-0.25, -0.2) is 0 Å². The molecule has 2 aliphatic rings. The Morgan fingerprint density at radius 3 is 3.00 bits per heavy atom. The van der Waals surface area contributed by atoms with Gasteiger partial charge in [-0.15, -0.1) is 0 Å². The highest BCUT2D eigenvalue weighted by molar-refractivity contribution is 5.76. The van der Waals surface area contributed by atoms with E-state index >= 15 is 0 Å². The third-order valence-electron chi connectivity index (χ3n) is 4.69. The summed E-state index contributed by atoms with van der Waals surface area (Å²) in [5, 5.41) is 2.95. The summed E-state index contributed by atoms with van der Waals surface area (Å²) in [6.07, 6.45) is 3.96. The largest absolute Gasteiger partial charge is 0.381 e. The lowest BCUT2D eigenvalue weighted by Gasteiger charge is -2.32. The van der Waals surface area contributed by atoms with Gasteiger partial charge in [-0.3, -0.25) is 14.8 Å². The van der Waals surface area contributed by atoms with Crippen molar-refractivity contribution in [2.24, 2.45) is 17.8 Å². The van der Waals surface area contributed by atoms with Crippen LogP contribution in [0, 0.1) is 24.7 Å². The molecule has 22 heavy (non-hydrogen) atoms. The Hall–Kier alpha value is -1.53. The highest BCUT2D eigenvalue weighted by Crippen LogP contribution is 2.34. The van der Waals surface area contributed by atoms with E-state index in [-0.39, 0.29) is 5.91 Å². The van der Waals surface area contributed by atoms with Crippen LogP contribution >= 0.6 is 0 Å². The first kappa shape index (κ1) is 15.4. The lowest BCUT2D eigenvalue weighted by Crippen LogP contribution is -2.38. The number of aromatic nitrogens is 2. The van der Waals surface area contributed by atoms with Crippen molar-refractivity contribution in [2.75, 3.05) is 33.4 Å². The summed E-state index contributed by atoms with van der Waals surface area (Å²) in [6, 6.07) is 0. The van der Waals surface area contributed by atoms with E-state index < -0.39 is 0 Å². The zero-order valence-corrected chi connectivity index (χ0v) is 13.3. The fraction of sp³-hybridized carbons (Fsp3) is 0.688. The fourth-order valence-electron chi connectivity index (χ4n) is 3.54. The predicted octanol–water partition coefficient (Wildman–Crippen LogP) is 0.616. The van der Waals surface area contributed by atoms with Crippen molar-refractivity contribution < 1.29 is 9.53 Å². The predicted molar refractivity (Wildman–Crippen MR) is 82.0 cm³/mol. The molecule has 6 heteroatoms. The molecule has 3 heterocycles. The maximum Gasteiger partial charge on any atom is 0.220 e. The van der Waals surface area contributed by atoms with Crippen LogP contribution in [0.5, 0.6) is 0 Å². The standard InChI is InChI=1S/C16H24N4O2/c1-11-4-18-14(5-17-11)6-19-16(21)3-12-9-22-10-13-7-20(2)8-15(12)13/h4-5,12-13,15H,3,6-10H2,1-2H3,(H,19,21)/t12-,13-,15+/m1/s1. The van der Waals surface area contributed by atoms with Gasteiger partial charge in [-0.1, -0.05) is 0 Å². The average molecular weight is 304 g/mol. The summed E-state index contributed by atoms with van der Waals surface area (Å²) >= 11 is 0. The second kappa shape index (κ2) is 6.71. The molecule has 2 saturated heterocycles. The molecule has 0 aromatic carbocycles. The quantitative estimate of drug-likeness (QED) is 0.883. The molecule has 0 spiro atoms. The smallest absolute Gasteiger partial charge is 0.220 e. The van der Waals surface area contributed by atoms with Gasteiger partial charge in [0.05, 0.1) is 37.3 Å². The van der Waals surface area contributed by atoms with Crippen molar-refractivity contribution in [2.45, 2.75) is 19.9 Å². The van der Waals surface area contributed by atoms with E-state index in [4.69, 9.17) is 4.74 Å². The first-order valence-corrected chi connectivity index (χ1v) is 7.92. The van der Waals surface area contributed by atoms with E-state index in [9.17, 15) is 4.79 Å². The number of likely N-dealkylation sites (tertiary alicyclic amines) is 1. The maximum atomic E-state index is 12.2. The Bertz CT molecular complexity index is 519. The van der Waals surface area contributed by atoms with Crippen molar-refractivity contribution in [3.8, 4) is 0 Å². The normalized spacial score (nSPS) is 28.4. The van der Waals surface area contributed by atoms with E-state index in [1.54, 1.807) is 12.4 Å². The molecule has 1 amide bonds. The van der Waals surface area contributed by atoms with Gasteiger partial charge in [-0.05, 0) is 31.7 Å². The molecule has 3 atom stereocenters. The van der Waals surface area contributed by atoms with Crippen LogP contribution < -0.4 is 5.32 Å². The van der Waals surface area contributed by atoms with Crippen LogP contribution in [-0.4, -0.2) is 54.1 Å². The number of hydrogen-bond donors (Lipinski definition) is 1. The van der Waals surface area contributed by atoms with Gasteiger partial charge in [0.15, 0.2) is 0 Å². The third-order valence-corrected chi connectivity index (χ3v) is 4.69. The summed E-state index contributed by atoms with van der Waals surface area (Å²) in [5.74, 6) is 1.57. The molecule has 2 aliphatic heterocycles. The van der Waals surface area contributed by atoms with Crippen molar-refractivity contribution in [1.29, 1.82) is 0 Å². The molecule has 1 aromatic heterocycles.